The molecule has 0 unspecified atom stereocenters. The number of hydrogen-bond acceptors (Lipinski definition) is 4. The summed E-state index contributed by atoms with van der Waals surface area (Å²) in [6.45, 7) is 34.0. The number of pyridine rings is 6. The quantitative estimate of drug-likeness (QED) is 0.128. The molecule has 8 aromatic heterocycles. The Bertz CT molecular complexity index is 6490. The molecule has 0 radical (unpaired) electrons. The van der Waals surface area contributed by atoms with Gasteiger partial charge in [-0.1, -0.05) is 153 Å². The molecule has 0 saturated carbocycles. The highest BCUT2D eigenvalue weighted by molar-refractivity contribution is 6.23. The number of nitrogens with zero attached hydrogens (tertiary/aromatic N) is 6. The van der Waals surface area contributed by atoms with Crippen LogP contribution in [-0.4, -0.2) is 9.97 Å². The van der Waals surface area contributed by atoms with Crippen molar-refractivity contribution < 1.29 is 43.6 Å². The average Bonchev–Trinajstić information content (AvgIpc) is 1.61. The highest BCUT2D eigenvalue weighted by atomic mass is 16.3. The van der Waals surface area contributed by atoms with Gasteiger partial charge in [-0.15, -0.1) is 0 Å². The van der Waals surface area contributed by atoms with Crippen molar-refractivity contribution in [1.82, 2.24) is 9.97 Å². The largest absolute Gasteiger partial charge is 0.437 e. The maximum absolute atomic E-state index is 8.74. The molecule has 8 heteroatoms. The Kier molecular flexibility index (Phi) is 17.7. The Labute approximate surface area is 653 Å². The molecule has 0 amide bonds. The number of furan rings is 2. The Morgan fingerprint density at radius 1 is 0.402 bits per heavy atom. The van der Waals surface area contributed by atoms with E-state index in [0.717, 1.165) is 117 Å². The molecule has 0 aliphatic heterocycles. The number of aromatic nitrogens is 6. The zero-order valence-corrected chi connectivity index (χ0v) is 67.1. The summed E-state index contributed by atoms with van der Waals surface area (Å²) in [6, 6.07) is 54.0. The molecule has 107 heavy (non-hydrogen) atoms. The maximum Gasteiger partial charge on any atom is 0.227 e. The lowest BCUT2D eigenvalue weighted by Crippen LogP contribution is -2.32. The van der Waals surface area contributed by atoms with E-state index in [0.29, 0.717) is 55.6 Å². The number of aryl methyl sites for hydroxylation is 14. The van der Waals surface area contributed by atoms with Crippen molar-refractivity contribution >= 4 is 76.7 Å². The molecule has 548 valence electrons. The van der Waals surface area contributed by atoms with Gasteiger partial charge < -0.3 is 8.83 Å². The van der Waals surface area contributed by atoms with E-state index in [1.165, 1.54) is 38.9 Å². The molecule has 0 aliphatic carbocycles. The summed E-state index contributed by atoms with van der Waals surface area (Å²) in [7, 11) is 8.02. The zero-order chi connectivity index (χ0) is 87.4. The summed E-state index contributed by atoms with van der Waals surface area (Å²) in [4.78, 5) is 9.24. The second-order valence-electron chi connectivity index (χ2n) is 32.3. The van der Waals surface area contributed by atoms with Gasteiger partial charge in [-0.25, -0.2) is 19.1 Å². The highest BCUT2D eigenvalue weighted by Crippen LogP contribution is 2.44. The smallest absolute Gasteiger partial charge is 0.227 e. The van der Waals surface area contributed by atoms with Crippen molar-refractivity contribution in [2.75, 3.05) is 0 Å². The summed E-state index contributed by atoms with van der Waals surface area (Å²) >= 11 is 0. The molecular weight excluding hydrogens is 1310 g/mol. The molecule has 8 heterocycles. The van der Waals surface area contributed by atoms with E-state index in [1.54, 1.807) is 18.2 Å². The van der Waals surface area contributed by atoms with Crippen molar-refractivity contribution in [2.24, 2.45) is 50.9 Å². The predicted molar refractivity (Wildman–Crippen MR) is 450 cm³/mol. The topological polar surface area (TPSA) is 67.6 Å². The molecule has 0 aliphatic rings. The molecule has 15 aromatic rings. The van der Waals surface area contributed by atoms with Crippen LogP contribution in [0.25, 0.3) is 122 Å². The fraction of sp³-hybridized carbons (Fsp3) is 0.333. The molecule has 0 fully saturated rings. The molecule has 0 bridgehead atoms. The monoisotopic (exact) mass is 1430 g/mol. The first kappa shape index (κ1) is 61.9. The van der Waals surface area contributed by atoms with Gasteiger partial charge in [0, 0.05) is 119 Å². The van der Waals surface area contributed by atoms with Gasteiger partial charge in [0.25, 0.3) is 0 Å². The third-order valence-corrected chi connectivity index (χ3v) is 20.2. The molecular formula is C99H114N6O2+4. The third kappa shape index (κ3) is 16.1. The standard InChI is InChI=1S/C31H29N2O.C28H29N2O.2C20H28N/c1-18(2)17-21-9-8-12-26-23(21)15-16-27(33(26)5)28-20(4)22-10-6-7-11-24(22)29-25-14-13-19(3)32-31(25)34-30(28)29;1-16(2)14-20-8-7-9-24-21(20)12-13-25(30(24)6)26-19(5)17(3)15-23-22-11-10-18(4)29-28(22)31-27(23)26;2*1-14-8-9-18(16(3)10-14)19-11-15(2)17(13-21(19)7)12-20(4,5)6/h6-16,18H,17H2,1-5H3;7-13,15-16H,14H2,1-6H3;2*8-11,13H,12H2,1-7H3/q4*+1/i17D2;3D3,14D2;1D3,12D2;. The minimum absolute atomic E-state index is 0.137. The SMILES string of the molecule is Cc1ccc(-c2cc(C)c(CC(C)(C)C)c[n+]2C)c(C)c1.[2H]C([2H])([2H])c1cc2c(oc3nc(C)ccc32)c(-c2ccc3c(C([2H])([2H])C(C)C)cccc3[n+]2C)c1C.[2H]C([2H])([2H])c1ccc(-c2cc(C)c(C([2H])([2H])C(C)(C)C)c[n+]2C)c(C)c1.[2H]C([2H])(c1cccc2c1ccc(-c1c(C)c3ccccc3c3c1oc1nc(C)ccc13)[n+]2C)C(C)C. The molecule has 0 atom stereocenters. The molecule has 8 nitrogen and oxygen atoms in total. The lowest BCUT2D eigenvalue weighted by Gasteiger charge is -2.19. The van der Waals surface area contributed by atoms with E-state index in [9.17, 15) is 0 Å². The fourth-order valence-electron chi connectivity index (χ4n) is 15.1. The van der Waals surface area contributed by atoms with Gasteiger partial charge in [-0.3, -0.25) is 0 Å². The van der Waals surface area contributed by atoms with E-state index >= 15 is 0 Å². The van der Waals surface area contributed by atoms with Crippen molar-refractivity contribution in [2.45, 2.75) is 171 Å². The Morgan fingerprint density at radius 2 is 0.888 bits per heavy atom. The number of fused-ring (bicyclic) bond motifs is 10. The first-order valence-electron chi connectivity index (χ1n) is 43.4. The number of benzene rings is 7. The van der Waals surface area contributed by atoms with Crippen molar-refractivity contribution in [3.63, 3.8) is 0 Å². The van der Waals surface area contributed by atoms with Crippen LogP contribution in [0.1, 0.15) is 169 Å². The van der Waals surface area contributed by atoms with Gasteiger partial charge in [0.05, 0.1) is 11.1 Å². The normalized spacial score (nSPS) is 14.2. The number of rotatable bonds is 10. The second-order valence-corrected chi connectivity index (χ2v) is 32.3. The van der Waals surface area contributed by atoms with Crippen molar-refractivity contribution in [3.8, 4) is 45.0 Å². The molecule has 7 aromatic carbocycles. The van der Waals surface area contributed by atoms with Gasteiger partial charge in [0.15, 0.2) is 23.6 Å². The van der Waals surface area contributed by atoms with Crippen LogP contribution in [0.3, 0.4) is 0 Å². The van der Waals surface area contributed by atoms with Crippen LogP contribution >= 0.6 is 0 Å². The van der Waals surface area contributed by atoms with Gasteiger partial charge in [-0.05, 0) is 240 Å². The van der Waals surface area contributed by atoms with E-state index in [2.05, 4.69) is 156 Å². The van der Waals surface area contributed by atoms with Crippen LogP contribution < -0.4 is 18.3 Å². The number of hydrogen-bond donors (Lipinski definition) is 0. The zero-order valence-electron chi connectivity index (χ0n) is 79.1. The van der Waals surface area contributed by atoms with Crippen LogP contribution in [0.2, 0.25) is 0 Å². The second kappa shape index (κ2) is 30.6. The minimum Gasteiger partial charge on any atom is -0.437 e. The van der Waals surface area contributed by atoms with Gasteiger partial charge in [0.2, 0.25) is 45.2 Å². The molecule has 0 N–H and O–H groups in total. The first-order chi connectivity index (χ1) is 55.3. The summed E-state index contributed by atoms with van der Waals surface area (Å²) in [6.07, 6.45) is 0.874. The molecule has 15 rings (SSSR count). The Hall–Kier alpha value is -10.2. The predicted octanol–water partition coefficient (Wildman–Crippen LogP) is 23.7. The molecule has 0 saturated heterocycles. The van der Waals surface area contributed by atoms with E-state index in [1.807, 2.05) is 185 Å². The fourth-order valence-corrected chi connectivity index (χ4v) is 15.1. The highest BCUT2D eigenvalue weighted by Gasteiger charge is 2.29. The maximum atomic E-state index is 8.74. The van der Waals surface area contributed by atoms with Crippen LogP contribution in [0.5, 0.6) is 0 Å². The van der Waals surface area contributed by atoms with E-state index in [-0.39, 0.29) is 17.4 Å². The van der Waals surface area contributed by atoms with E-state index < -0.39 is 38.2 Å². The Morgan fingerprint density at radius 3 is 1.41 bits per heavy atom. The van der Waals surface area contributed by atoms with Gasteiger partial charge in [0.1, 0.15) is 28.2 Å². The van der Waals surface area contributed by atoms with Crippen LogP contribution in [-0.2, 0) is 53.7 Å². The summed E-state index contributed by atoms with van der Waals surface area (Å²) < 4.78 is 120. The Balaban J connectivity index is 0.000000149. The lowest BCUT2D eigenvalue weighted by atomic mass is 9.87. The van der Waals surface area contributed by atoms with Gasteiger partial charge >= 0.3 is 0 Å². The van der Waals surface area contributed by atoms with Crippen LogP contribution in [0, 0.1) is 98.7 Å². The van der Waals surface area contributed by atoms with Crippen LogP contribution in [0.4, 0.5) is 0 Å². The summed E-state index contributed by atoms with van der Waals surface area (Å²) in [5, 5.41) is 7.70. The van der Waals surface area contributed by atoms with Gasteiger partial charge in [-0.2, -0.15) is 9.13 Å². The lowest BCUT2D eigenvalue weighted by molar-refractivity contribution is -0.661. The average molecular weight is 1430 g/mol. The van der Waals surface area contributed by atoms with Crippen molar-refractivity contribution in [1.29, 1.82) is 0 Å². The third-order valence-electron chi connectivity index (χ3n) is 20.2. The summed E-state index contributed by atoms with van der Waals surface area (Å²) in [5.41, 5.74) is 25.7. The van der Waals surface area contributed by atoms with Crippen molar-refractivity contribution in [3.05, 3.63) is 260 Å². The van der Waals surface area contributed by atoms with E-state index in [4.69, 9.17) is 30.3 Å². The summed E-state index contributed by atoms with van der Waals surface area (Å²) in [5.74, 6) is -0.334. The minimum atomic E-state index is -2.30. The first-order valence-corrected chi connectivity index (χ1v) is 37.4. The van der Waals surface area contributed by atoms with Crippen LogP contribution in [0.15, 0.2) is 185 Å². The molecule has 0 spiro atoms.